The normalized spacial score (nSPS) is 20.8. The van der Waals surface area contributed by atoms with Crippen molar-refractivity contribution in [1.82, 2.24) is 9.88 Å². The van der Waals surface area contributed by atoms with E-state index in [-0.39, 0.29) is 0 Å². The molecule has 0 spiro atoms. The Morgan fingerprint density at radius 3 is 2.59 bits per heavy atom. The summed E-state index contributed by atoms with van der Waals surface area (Å²) in [6.07, 6.45) is 4.12. The van der Waals surface area contributed by atoms with E-state index in [1.807, 2.05) is 11.1 Å². The Bertz CT molecular complexity index is 419. The summed E-state index contributed by atoms with van der Waals surface area (Å²) >= 11 is 1.73. The van der Waals surface area contributed by atoms with E-state index >= 15 is 0 Å². The summed E-state index contributed by atoms with van der Waals surface area (Å²) < 4.78 is 0. The van der Waals surface area contributed by atoms with E-state index < -0.39 is 0 Å². The van der Waals surface area contributed by atoms with Gasteiger partial charge in [0.05, 0.1) is 0 Å². The second kappa shape index (κ2) is 4.29. The van der Waals surface area contributed by atoms with Gasteiger partial charge < -0.3 is 9.80 Å². The molecule has 0 aromatic carbocycles. The Morgan fingerprint density at radius 2 is 2.06 bits per heavy atom. The first-order valence-corrected chi connectivity index (χ1v) is 7.02. The van der Waals surface area contributed by atoms with E-state index in [0.717, 1.165) is 44.2 Å². The number of aromatic nitrogens is 1. The van der Waals surface area contributed by atoms with Crippen LogP contribution in [-0.2, 0) is 4.79 Å². The first kappa shape index (κ1) is 11.0. The van der Waals surface area contributed by atoms with Crippen LogP contribution in [-0.4, -0.2) is 42.0 Å². The van der Waals surface area contributed by atoms with Gasteiger partial charge in [0, 0.05) is 43.2 Å². The molecule has 3 rings (SSSR count). The van der Waals surface area contributed by atoms with Gasteiger partial charge in [0.2, 0.25) is 5.91 Å². The minimum absolute atomic E-state index is 0.351. The van der Waals surface area contributed by atoms with Crippen LogP contribution in [0.25, 0.3) is 0 Å². The fraction of sp³-hybridized carbons (Fsp3) is 0.667. The predicted octanol–water partition coefficient (Wildman–Crippen LogP) is 1.51. The highest BCUT2D eigenvalue weighted by molar-refractivity contribution is 7.15. The molecule has 17 heavy (non-hydrogen) atoms. The molecule has 1 aromatic rings. The zero-order valence-electron chi connectivity index (χ0n) is 10.1. The molecule has 5 heteroatoms. The average molecular weight is 251 g/mol. The predicted molar refractivity (Wildman–Crippen MR) is 68.4 cm³/mol. The third-order valence-corrected chi connectivity index (χ3v) is 4.37. The van der Waals surface area contributed by atoms with Crippen LogP contribution < -0.4 is 4.90 Å². The van der Waals surface area contributed by atoms with E-state index in [1.54, 1.807) is 11.3 Å². The third-order valence-electron chi connectivity index (χ3n) is 3.40. The number of anilines is 1. The molecule has 1 saturated heterocycles. The van der Waals surface area contributed by atoms with Crippen LogP contribution in [0.4, 0.5) is 5.13 Å². The van der Waals surface area contributed by atoms with E-state index in [2.05, 4.69) is 16.8 Å². The maximum Gasteiger partial charge on any atom is 0.225 e. The van der Waals surface area contributed by atoms with Crippen molar-refractivity contribution in [2.75, 3.05) is 31.1 Å². The Labute approximate surface area is 105 Å². The molecule has 2 fully saturated rings. The van der Waals surface area contributed by atoms with Crippen molar-refractivity contribution in [1.29, 1.82) is 0 Å². The lowest BCUT2D eigenvalue weighted by Crippen LogP contribution is -2.49. The van der Waals surface area contributed by atoms with Gasteiger partial charge in [0.15, 0.2) is 5.13 Å². The summed E-state index contributed by atoms with van der Waals surface area (Å²) in [5.41, 5.74) is 0. The number of aryl methyl sites for hydroxylation is 1. The lowest BCUT2D eigenvalue weighted by Gasteiger charge is -2.34. The summed E-state index contributed by atoms with van der Waals surface area (Å²) in [6.45, 7) is 5.63. The van der Waals surface area contributed by atoms with Crippen molar-refractivity contribution >= 4 is 22.4 Å². The molecule has 1 saturated carbocycles. The van der Waals surface area contributed by atoms with Crippen LogP contribution in [0.3, 0.4) is 0 Å². The quantitative estimate of drug-likeness (QED) is 0.799. The van der Waals surface area contributed by atoms with Crippen molar-refractivity contribution in [3.8, 4) is 0 Å². The van der Waals surface area contributed by atoms with Crippen LogP contribution in [0.15, 0.2) is 6.20 Å². The topological polar surface area (TPSA) is 36.4 Å². The van der Waals surface area contributed by atoms with Gasteiger partial charge in [0.1, 0.15) is 0 Å². The molecule has 4 nitrogen and oxygen atoms in total. The second-order valence-corrected chi connectivity index (χ2v) is 6.05. The number of thiazole rings is 1. The number of piperazine rings is 1. The molecule has 1 amide bonds. The van der Waals surface area contributed by atoms with E-state index in [1.165, 1.54) is 4.88 Å². The number of rotatable bonds is 2. The highest BCUT2D eigenvalue weighted by atomic mass is 32.1. The van der Waals surface area contributed by atoms with Crippen molar-refractivity contribution in [2.45, 2.75) is 19.8 Å². The van der Waals surface area contributed by atoms with Crippen LogP contribution in [0, 0.1) is 12.8 Å². The smallest absolute Gasteiger partial charge is 0.225 e. The third kappa shape index (κ3) is 2.29. The van der Waals surface area contributed by atoms with Crippen molar-refractivity contribution in [3.05, 3.63) is 11.1 Å². The number of carbonyl (C=O) groups excluding carboxylic acids is 1. The Balaban J connectivity index is 1.58. The molecule has 92 valence electrons. The summed E-state index contributed by atoms with van der Waals surface area (Å²) in [7, 11) is 0. The van der Waals surface area contributed by atoms with Crippen LogP contribution >= 0.6 is 11.3 Å². The fourth-order valence-electron chi connectivity index (χ4n) is 2.20. The summed E-state index contributed by atoms with van der Waals surface area (Å²) in [6, 6.07) is 0. The van der Waals surface area contributed by atoms with Crippen molar-refractivity contribution in [2.24, 2.45) is 5.92 Å². The van der Waals surface area contributed by atoms with Gasteiger partial charge in [-0.05, 0) is 19.8 Å². The molecule has 0 radical (unpaired) electrons. The van der Waals surface area contributed by atoms with Crippen molar-refractivity contribution in [3.63, 3.8) is 0 Å². The SMILES string of the molecule is Cc1cnc(N2CCN(C(=O)C3CC3)CC2)s1. The fourth-order valence-corrected chi connectivity index (χ4v) is 3.01. The monoisotopic (exact) mass is 251 g/mol. The highest BCUT2D eigenvalue weighted by Crippen LogP contribution is 2.31. The molecule has 1 aliphatic heterocycles. The maximum atomic E-state index is 11.9. The first-order valence-electron chi connectivity index (χ1n) is 6.20. The molecule has 0 atom stereocenters. The largest absolute Gasteiger partial charge is 0.345 e. The number of hydrogen-bond acceptors (Lipinski definition) is 4. The van der Waals surface area contributed by atoms with Gasteiger partial charge >= 0.3 is 0 Å². The summed E-state index contributed by atoms with van der Waals surface area (Å²) in [5, 5.41) is 1.10. The van der Waals surface area contributed by atoms with Gasteiger partial charge in [0.25, 0.3) is 0 Å². The maximum absolute atomic E-state index is 11.9. The average Bonchev–Trinajstić information content (AvgIpc) is 3.11. The number of hydrogen-bond donors (Lipinski definition) is 0. The Hall–Kier alpha value is -1.10. The van der Waals surface area contributed by atoms with Gasteiger partial charge in [-0.3, -0.25) is 4.79 Å². The van der Waals surface area contributed by atoms with E-state index in [9.17, 15) is 4.79 Å². The molecule has 2 heterocycles. The van der Waals surface area contributed by atoms with Gasteiger partial charge in [-0.2, -0.15) is 0 Å². The first-order chi connectivity index (χ1) is 8.24. The zero-order chi connectivity index (χ0) is 11.8. The standard InChI is InChI=1S/C12H17N3OS/c1-9-8-13-12(17-9)15-6-4-14(5-7-15)11(16)10-2-3-10/h8,10H,2-7H2,1H3. The number of carbonyl (C=O) groups is 1. The zero-order valence-corrected chi connectivity index (χ0v) is 10.9. The molecule has 0 bridgehead atoms. The molecular formula is C12H17N3OS. The number of nitrogens with zero attached hydrogens (tertiary/aromatic N) is 3. The molecule has 2 aliphatic rings. The Kier molecular flexibility index (Phi) is 2.78. The lowest BCUT2D eigenvalue weighted by molar-refractivity contribution is -0.132. The molecule has 1 aromatic heterocycles. The second-order valence-electron chi connectivity index (χ2n) is 4.84. The van der Waals surface area contributed by atoms with Crippen LogP contribution in [0.2, 0.25) is 0 Å². The summed E-state index contributed by atoms with van der Waals surface area (Å²) in [4.78, 5) is 21.9. The summed E-state index contributed by atoms with van der Waals surface area (Å²) in [5.74, 6) is 0.726. The minimum Gasteiger partial charge on any atom is -0.345 e. The molecular weight excluding hydrogens is 234 g/mol. The molecule has 0 N–H and O–H groups in total. The van der Waals surface area contributed by atoms with Gasteiger partial charge in [-0.1, -0.05) is 0 Å². The van der Waals surface area contributed by atoms with Crippen LogP contribution in [0.1, 0.15) is 17.7 Å². The number of amides is 1. The van der Waals surface area contributed by atoms with E-state index in [4.69, 9.17) is 0 Å². The van der Waals surface area contributed by atoms with E-state index in [0.29, 0.717) is 11.8 Å². The molecule has 1 aliphatic carbocycles. The highest BCUT2D eigenvalue weighted by Gasteiger charge is 2.34. The Morgan fingerprint density at radius 1 is 1.35 bits per heavy atom. The molecule has 0 unspecified atom stereocenters. The van der Waals surface area contributed by atoms with Gasteiger partial charge in [-0.15, -0.1) is 11.3 Å². The minimum atomic E-state index is 0.351. The van der Waals surface area contributed by atoms with Gasteiger partial charge in [-0.25, -0.2) is 4.98 Å². The lowest BCUT2D eigenvalue weighted by atomic mass is 10.3. The van der Waals surface area contributed by atoms with Crippen LogP contribution in [0.5, 0.6) is 0 Å². The van der Waals surface area contributed by atoms with Crippen molar-refractivity contribution < 1.29 is 4.79 Å².